The minimum atomic E-state index is 0.256. The summed E-state index contributed by atoms with van der Waals surface area (Å²) in [6, 6.07) is 0.531. The van der Waals surface area contributed by atoms with Gasteiger partial charge in [0.25, 0.3) is 0 Å². The van der Waals surface area contributed by atoms with Gasteiger partial charge in [-0.2, -0.15) is 0 Å². The fourth-order valence-corrected chi connectivity index (χ4v) is 5.67. The number of hydrogen-bond acceptors (Lipinski definition) is 3. The first kappa shape index (κ1) is 24.2. The van der Waals surface area contributed by atoms with Gasteiger partial charge in [0, 0.05) is 48.2 Å². The Morgan fingerprint density at radius 2 is 1.93 bits per heavy atom. The first-order chi connectivity index (χ1) is 14.4. The smallest absolute Gasteiger partial charge is 0.0396 e. The third-order valence-corrected chi connectivity index (χ3v) is 7.63. The van der Waals surface area contributed by atoms with Crippen molar-refractivity contribution in [1.29, 1.82) is 0 Å². The Morgan fingerprint density at radius 1 is 1.17 bits per heavy atom. The maximum atomic E-state index is 6.53. The predicted octanol–water partition coefficient (Wildman–Crippen LogP) is 5.67. The SMILES string of the molecule is CCNC1=CC(CN[C@@H](CN2CCC(C3=CC=C(Cl)CC3)CC2)C(C)C)CC(Cl)C1. The van der Waals surface area contributed by atoms with E-state index in [0.717, 1.165) is 56.3 Å². The van der Waals surface area contributed by atoms with Crippen LogP contribution in [0.15, 0.2) is 34.5 Å². The summed E-state index contributed by atoms with van der Waals surface area (Å²) in [7, 11) is 0. The van der Waals surface area contributed by atoms with Crippen molar-refractivity contribution in [1.82, 2.24) is 15.5 Å². The largest absolute Gasteiger partial charge is 0.389 e. The number of hydrogen-bond donors (Lipinski definition) is 2. The van der Waals surface area contributed by atoms with Crippen molar-refractivity contribution in [3.63, 3.8) is 0 Å². The lowest BCUT2D eigenvalue weighted by Gasteiger charge is -2.37. The third kappa shape index (κ3) is 7.29. The fourth-order valence-electron chi connectivity index (χ4n) is 5.12. The molecule has 0 amide bonds. The highest BCUT2D eigenvalue weighted by Crippen LogP contribution is 2.32. The van der Waals surface area contributed by atoms with E-state index in [9.17, 15) is 0 Å². The lowest BCUT2D eigenvalue weighted by molar-refractivity contribution is 0.163. The van der Waals surface area contributed by atoms with E-state index >= 15 is 0 Å². The van der Waals surface area contributed by atoms with Crippen LogP contribution in [-0.2, 0) is 0 Å². The molecule has 3 rings (SSSR count). The Kier molecular flexibility index (Phi) is 9.62. The van der Waals surface area contributed by atoms with Gasteiger partial charge in [-0.05, 0) is 75.9 Å². The molecule has 0 aromatic rings. The van der Waals surface area contributed by atoms with E-state index in [1.165, 1.54) is 31.6 Å². The van der Waals surface area contributed by atoms with Crippen molar-refractivity contribution in [3.05, 3.63) is 34.5 Å². The molecule has 3 aliphatic rings. The van der Waals surface area contributed by atoms with E-state index < -0.39 is 0 Å². The van der Waals surface area contributed by atoms with Crippen LogP contribution in [-0.4, -0.2) is 49.0 Å². The number of rotatable bonds is 9. The van der Waals surface area contributed by atoms with E-state index in [0.29, 0.717) is 17.9 Å². The molecule has 5 heteroatoms. The molecule has 0 spiro atoms. The quantitative estimate of drug-likeness (QED) is 0.440. The molecule has 2 aliphatic carbocycles. The number of alkyl halides is 1. The summed E-state index contributed by atoms with van der Waals surface area (Å²) in [6.07, 6.45) is 13.6. The number of piperidine rings is 1. The Hall–Kier alpha value is -0.480. The van der Waals surface area contributed by atoms with Crippen LogP contribution in [0.2, 0.25) is 0 Å². The summed E-state index contributed by atoms with van der Waals surface area (Å²) in [6.45, 7) is 12.4. The minimum Gasteiger partial charge on any atom is -0.389 e. The Balaban J connectivity index is 1.46. The average Bonchev–Trinajstić information content (AvgIpc) is 2.72. The molecule has 2 unspecified atom stereocenters. The zero-order valence-corrected chi connectivity index (χ0v) is 20.6. The highest BCUT2D eigenvalue weighted by atomic mass is 35.5. The van der Waals surface area contributed by atoms with Crippen LogP contribution >= 0.6 is 23.2 Å². The topological polar surface area (TPSA) is 27.3 Å². The van der Waals surface area contributed by atoms with Gasteiger partial charge in [-0.1, -0.05) is 43.2 Å². The molecule has 30 heavy (non-hydrogen) atoms. The molecule has 0 radical (unpaired) electrons. The number of nitrogens with zero attached hydrogens (tertiary/aromatic N) is 1. The monoisotopic (exact) mass is 453 g/mol. The Labute approximate surface area is 194 Å². The molecule has 1 heterocycles. The summed E-state index contributed by atoms with van der Waals surface area (Å²) < 4.78 is 0. The summed E-state index contributed by atoms with van der Waals surface area (Å²) in [4.78, 5) is 2.67. The minimum absolute atomic E-state index is 0.256. The second-order valence-corrected chi connectivity index (χ2v) is 10.8. The van der Waals surface area contributed by atoms with Crippen LogP contribution in [0.3, 0.4) is 0 Å². The first-order valence-electron chi connectivity index (χ1n) is 12.0. The lowest BCUT2D eigenvalue weighted by Crippen LogP contribution is -2.48. The second-order valence-electron chi connectivity index (χ2n) is 9.71. The van der Waals surface area contributed by atoms with Crippen molar-refractivity contribution >= 4 is 23.2 Å². The van der Waals surface area contributed by atoms with Crippen LogP contribution in [0.1, 0.15) is 59.3 Å². The van der Waals surface area contributed by atoms with Crippen molar-refractivity contribution in [3.8, 4) is 0 Å². The molecular formula is C25H41Cl2N3. The van der Waals surface area contributed by atoms with Crippen LogP contribution in [0.25, 0.3) is 0 Å². The highest BCUT2D eigenvalue weighted by Gasteiger charge is 2.27. The van der Waals surface area contributed by atoms with Gasteiger partial charge in [-0.25, -0.2) is 0 Å². The van der Waals surface area contributed by atoms with Crippen LogP contribution < -0.4 is 10.6 Å². The van der Waals surface area contributed by atoms with Crippen molar-refractivity contribution < 1.29 is 0 Å². The first-order valence-corrected chi connectivity index (χ1v) is 12.9. The van der Waals surface area contributed by atoms with Crippen LogP contribution in [0, 0.1) is 17.8 Å². The molecule has 3 nitrogen and oxygen atoms in total. The number of likely N-dealkylation sites (tertiary alicyclic amines) is 1. The number of halogens is 2. The third-order valence-electron chi connectivity index (χ3n) is 6.99. The van der Waals surface area contributed by atoms with Crippen molar-refractivity contribution in [2.45, 2.75) is 70.7 Å². The van der Waals surface area contributed by atoms with E-state index in [-0.39, 0.29) is 5.38 Å². The zero-order chi connectivity index (χ0) is 21.5. The van der Waals surface area contributed by atoms with Gasteiger partial charge in [0.05, 0.1) is 0 Å². The summed E-state index contributed by atoms with van der Waals surface area (Å²) in [5, 5.41) is 8.64. The highest BCUT2D eigenvalue weighted by molar-refractivity contribution is 6.29. The summed E-state index contributed by atoms with van der Waals surface area (Å²) in [5.41, 5.74) is 2.95. The van der Waals surface area contributed by atoms with Crippen molar-refractivity contribution in [2.75, 3.05) is 32.7 Å². The summed E-state index contributed by atoms with van der Waals surface area (Å²) in [5.74, 6) is 1.91. The van der Waals surface area contributed by atoms with Gasteiger partial charge >= 0.3 is 0 Å². The van der Waals surface area contributed by atoms with E-state index in [1.807, 2.05) is 0 Å². The zero-order valence-electron chi connectivity index (χ0n) is 19.1. The average molecular weight is 455 g/mol. The van der Waals surface area contributed by atoms with Crippen LogP contribution in [0.4, 0.5) is 0 Å². The number of allylic oxidation sites excluding steroid dienone is 5. The maximum Gasteiger partial charge on any atom is 0.0396 e. The molecule has 1 saturated heterocycles. The molecule has 2 N–H and O–H groups in total. The van der Waals surface area contributed by atoms with Gasteiger partial charge in [-0.15, -0.1) is 11.6 Å². The summed E-state index contributed by atoms with van der Waals surface area (Å²) >= 11 is 12.7. The molecule has 0 aromatic heterocycles. The molecule has 3 atom stereocenters. The van der Waals surface area contributed by atoms with Crippen molar-refractivity contribution in [2.24, 2.45) is 17.8 Å². The van der Waals surface area contributed by atoms with Gasteiger partial charge in [-0.3, -0.25) is 0 Å². The van der Waals surface area contributed by atoms with Gasteiger partial charge in [0.1, 0.15) is 0 Å². The number of nitrogens with one attached hydrogen (secondary N) is 2. The predicted molar refractivity (Wildman–Crippen MR) is 131 cm³/mol. The molecule has 170 valence electrons. The molecule has 1 aliphatic heterocycles. The Bertz CT molecular complexity index is 632. The van der Waals surface area contributed by atoms with Gasteiger partial charge in [0.2, 0.25) is 0 Å². The molecule has 0 saturated carbocycles. The molecular weight excluding hydrogens is 413 g/mol. The standard InChI is InChI=1S/C25H41Cl2N3/c1-4-28-24-14-19(13-23(27)15-24)16-29-25(18(2)3)17-30-11-9-21(10-12-30)20-5-7-22(26)8-6-20/h5,7,14,18-19,21,23,25,28-29H,4,6,8-13,15-17H2,1-3H3/t19?,23?,25-/m0/s1. The normalized spacial score (nSPS) is 27.5. The van der Waals surface area contributed by atoms with E-state index in [4.69, 9.17) is 23.2 Å². The fraction of sp³-hybridized carbons (Fsp3) is 0.760. The maximum absolute atomic E-state index is 6.53. The van der Waals surface area contributed by atoms with E-state index in [1.54, 1.807) is 5.57 Å². The second kappa shape index (κ2) is 11.9. The van der Waals surface area contributed by atoms with Gasteiger partial charge in [0.15, 0.2) is 0 Å². The molecule has 1 fully saturated rings. The molecule has 0 bridgehead atoms. The van der Waals surface area contributed by atoms with Crippen LogP contribution in [0.5, 0.6) is 0 Å². The van der Waals surface area contributed by atoms with Gasteiger partial charge < -0.3 is 15.5 Å². The van der Waals surface area contributed by atoms with E-state index in [2.05, 4.69) is 54.5 Å². The molecule has 0 aromatic carbocycles. The lowest BCUT2D eigenvalue weighted by atomic mass is 9.84. The Morgan fingerprint density at radius 3 is 2.57 bits per heavy atom.